The third-order valence-electron chi connectivity index (χ3n) is 5.68. The van der Waals surface area contributed by atoms with Crippen LogP contribution in [0.3, 0.4) is 0 Å². The predicted octanol–water partition coefficient (Wildman–Crippen LogP) is 4.86. The van der Waals surface area contributed by atoms with Crippen molar-refractivity contribution in [2.75, 3.05) is 45.2 Å². The number of methoxy groups -OCH3 is 1. The molecule has 1 aliphatic rings. The molecular weight excluding hydrogens is 399 g/mol. The second kappa shape index (κ2) is 7.74. The van der Waals surface area contributed by atoms with E-state index in [0.717, 1.165) is 48.3 Å². The number of hydrogen-bond acceptors (Lipinski definition) is 5. The zero-order valence-corrected chi connectivity index (χ0v) is 17.8. The first kappa shape index (κ1) is 19.1. The number of aromatic nitrogens is 2. The highest BCUT2D eigenvalue weighted by Crippen LogP contribution is 2.39. The maximum Gasteiger partial charge on any atom is 0.165 e. The van der Waals surface area contributed by atoms with Crippen LogP contribution in [-0.2, 0) is 0 Å². The molecule has 5 nitrogen and oxygen atoms in total. The van der Waals surface area contributed by atoms with Crippen LogP contribution in [0.2, 0.25) is 0 Å². The first-order valence-corrected chi connectivity index (χ1v) is 10.8. The molecule has 154 valence electrons. The molecule has 0 amide bonds. The van der Waals surface area contributed by atoms with Gasteiger partial charge in [0.15, 0.2) is 11.6 Å². The van der Waals surface area contributed by atoms with Crippen LogP contribution in [0.4, 0.5) is 9.39 Å². The molecule has 1 saturated heterocycles. The smallest absolute Gasteiger partial charge is 0.165 e. The van der Waals surface area contributed by atoms with E-state index >= 15 is 0 Å². The van der Waals surface area contributed by atoms with Gasteiger partial charge in [-0.05, 0) is 31.3 Å². The maximum absolute atomic E-state index is 14.2. The fourth-order valence-electron chi connectivity index (χ4n) is 3.97. The normalized spacial score (nSPS) is 15.1. The van der Waals surface area contributed by atoms with Crippen LogP contribution in [0.15, 0.2) is 48.8 Å². The van der Waals surface area contributed by atoms with Gasteiger partial charge in [0.1, 0.15) is 5.65 Å². The number of rotatable bonds is 4. The standard InChI is InChI=1S/C23H23FN4OS/c1-27-8-10-28(11-9-27)21-7-6-20(30-21)15-12-17-18(14-26-23(17)25-13-15)16-4-3-5-19(24)22(16)29-2/h3-7,12-14H,8-11H2,1-2H3,(H,25,26). The highest BCUT2D eigenvalue weighted by atomic mass is 32.1. The van der Waals surface area contributed by atoms with Gasteiger partial charge in [0.25, 0.3) is 0 Å². The lowest BCUT2D eigenvalue weighted by Gasteiger charge is -2.32. The van der Waals surface area contributed by atoms with E-state index in [1.807, 2.05) is 18.5 Å². The average molecular weight is 423 g/mol. The van der Waals surface area contributed by atoms with E-state index < -0.39 is 0 Å². The molecule has 0 atom stereocenters. The number of anilines is 1. The Bertz CT molecular complexity index is 1190. The number of nitrogens with one attached hydrogen (secondary N) is 1. The summed E-state index contributed by atoms with van der Waals surface area (Å²) in [5.41, 5.74) is 3.43. The maximum atomic E-state index is 14.2. The molecule has 0 bridgehead atoms. The largest absolute Gasteiger partial charge is 0.493 e. The third-order valence-corrected chi connectivity index (χ3v) is 6.88. The number of likely N-dealkylation sites (N-methyl/N-ethyl adjacent to an activating group) is 1. The summed E-state index contributed by atoms with van der Waals surface area (Å²) in [5.74, 6) is -0.124. The van der Waals surface area contributed by atoms with Crippen molar-refractivity contribution in [1.29, 1.82) is 0 Å². The number of pyridine rings is 1. The summed E-state index contributed by atoms with van der Waals surface area (Å²) in [6, 6.07) is 11.5. The molecule has 0 aliphatic carbocycles. The molecule has 5 rings (SSSR count). The van der Waals surface area contributed by atoms with Gasteiger partial charge in [-0.3, -0.25) is 0 Å². The van der Waals surface area contributed by atoms with Gasteiger partial charge in [-0.25, -0.2) is 9.37 Å². The summed E-state index contributed by atoms with van der Waals surface area (Å²) in [7, 11) is 3.66. The number of para-hydroxylation sites is 1. The Hall–Kier alpha value is -2.90. The van der Waals surface area contributed by atoms with E-state index in [-0.39, 0.29) is 11.6 Å². The minimum Gasteiger partial charge on any atom is -0.493 e. The Morgan fingerprint density at radius 3 is 2.73 bits per heavy atom. The molecule has 0 radical (unpaired) electrons. The van der Waals surface area contributed by atoms with Gasteiger partial charge >= 0.3 is 0 Å². The fourth-order valence-corrected chi connectivity index (χ4v) is 5.01. The van der Waals surface area contributed by atoms with E-state index in [1.165, 1.54) is 23.1 Å². The minimum absolute atomic E-state index is 0.247. The molecular formula is C23H23FN4OS. The summed E-state index contributed by atoms with van der Waals surface area (Å²) < 4.78 is 19.6. The second-order valence-electron chi connectivity index (χ2n) is 7.57. The van der Waals surface area contributed by atoms with Crippen LogP contribution in [0, 0.1) is 5.82 Å². The lowest BCUT2D eigenvalue weighted by molar-refractivity contribution is 0.313. The molecule has 1 aromatic carbocycles. The lowest BCUT2D eigenvalue weighted by Crippen LogP contribution is -2.44. The zero-order chi connectivity index (χ0) is 20.7. The van der Waals surface area contributed by atoms with Gasteiger partial charge < -0.3 is 19.5 Å². The molecule has 1 N–H and O–H groups in total. The SMILES string of the molecule is COc1c(F)cccc1-c1c[nH]c2ncc(-c3ccc(N4CCN(C)CC4)s3)cc12. The molecule has 0 saturated carbocycles. The van der Waals surface area contributed by atoms with Gasteiger partial charge in [-0.2, -0.15) is 0 Å². The molecule has 0 spiro atoms. The number of hydrogen-bond donors (Lipinski definition) is 1. The Labute approximate surface area is 178 Å². The van der Waals surface area contributed by atoms with Crippen molar-refractivity contribution in [2.45, 2.75) is 0 Å². The summed E-state index contributed by atoms with van der Waals surface area (Å²) in [6.07, 6.45) is 3.76. The van der Waals surface area contributed by atoms with Crippen LogP contribution in [0.5, 0.6) is 5.75 Å². The van der Waals surface area contributed by atoms with Crippen LogP contribution in [0.1, 0.15) is 0 Å². The second-order valence-corrected chi connectivity index (χ2v) is 8.63. The minimum atomic E-state index is -0.372. The van der Waals surface area contributed by atoms with Crippen molar-refractivity contribution in [3.8, 4) is 27.3 Å². The van der Waals surface area contributed by atoms with Crippen molar-refractivity contribution >= 4 is 27.4 Å². The Balaban J connectivity index is 1.52. The predicted molar refractivity (Wildman–Crippen MR) is 121 cm³/mol. The third kappa shape index (κ3) is 3.34. The van der Waals surface area contributed by atoms with Gasteiger partial charge in [-0.1, -0.05) is 12.1 Å². The van der Waals surface area contributed by atoms with Crippen molar-refractivity contribution < 1.29 is 9.13 Å². The Morgan fingerprint density at radius 1 is 1.10 bits per heavy atom. The van der Waals surface area contributed by atoms with E-state index in [0.29, 0.717) is 5.56 Å². The van der Waals surface area contributed by atoms with Crippen LogP contribution in [0.25, 0.3) is 32.6 Å². The molecule has 7 heteroatoms. The van der Waals surface area contributed by atoms with Crippen LogP contribution < -0.4 is 9.64 Å². The molecule has 1 fully saturated rings. The Kier molecular flexibility index (Phi) is 4.92. The van der Waals surface area contributed by atoms with Gasteiger partial charge in [0.05, 0.1) is 12.1 Å². The number of benzene rings is 1. The van der Waals surface area contributed by atoms with Gasteiger partial charge in [-0.15, -0.1) is 11.3 Å². The number of fused-ring (bicyclic) bond motifs is 1. The molecule has 0 unspecified atom stereocenters. The van der Waals surface area contributed by atoms with Gasteiger partial charge in [0, 0.05) is 65.5 Å². The number of thiophene rings is 1. The van der Waals surface area contributed by atoms with Crippen molar-refractivity contribution in [2.24, 2.45) is 0 Å². The molecule has 30 heavy (non-hydrogen) atoms. The highest BCUT2D eigenvalue weighted by Gasteiger charge is 2.18. The quantitative estimate of drug-likeness (QED) is 0.510. The number of piperazine rings is 1. The number of H-pyrrole nitrogens is 1. The number of nitrogens with zero attached hydrogens (tertiary/aromatic N) is 3. The number of halogens is 1. The molecule has 1 aliphatic heterocycles. The van der Waals surface area contributed by atoms with E-state index in [9.17, 15) is 4.39 Å². The average Bonchev–Trinajstić information content (AvgIpc) is 3.41. The molecule has 4 heterocycles. The van der Waals surface area contributed by atoms with E-state index in [2.05, 4.69) is 45.0 Å². The fraction of sp³-hybridized carbons (Fsp3) is 0.261. The number of ether oxygens (including phenoxy) is 1. The van der Waals surface area contributed by atoms with Crippen LogP contribution >= 0.6 is 11.3 Å². The first-order valence-electron chi connectivity index (χ1n) is 9.98. The highest BCUT2D eigenvalue weighted by molar-refractivity contribution is 7.19. The van der Waals surface area contributed by atoms with Crippen molar-refractivity contribution in [3.05, 3.63) is 54.6 Å². The summed E-state index contributed by atoms with van der Waals surface area (Å²) in [4.78, 5) is 13.8. The van der Waals surface area contributed by atoms with E-state index in [1.54, 1.807) is 17.4 Å². The molecule has 4 aromatic rings. The van der Waals surface area contributed by atoms with Crippen LogP contribution in [-0.4, -0.2) is 55.2 Å². The topological polar surface area (TPSA) is 44.4 Å². The van der Waals surface area contributed by atoms with Gasteiger partial charge in [0.2, 0.25) is 0 Å². The summed E-state index contributed by atoms with van der Waals surface area (Å²) in [5, 5.41) is 2.24. The first-order chi connectivity index (χ1) is 14.6. The summed E-state index contributed by atoms with van der Waals surface area (Å²) in [6.45, 7) is 4.27. The van der Waals surface area contributed by atoms with Crippen molar-refractivity contribution in [1.82, 2.24) is 14.9 Å². The molecule has 3 aromatic heterocycles. The van der Waals surface area contributed by atoms with Crippen molar-refractivity contribution in [3.63, 3.8) is 0 Å². The number of aromatic amines is 1. The lowest BCUT2D eigenvalue weighted by atomic mass is 10.0. The summed E-state index contributed by atoms with van der Waals surface area (Å²) >= 11 is 1.79. The zero-order valence-electron chi connectivity index (χ0n) is 17.0. The monoisotopic (exact) mass is 422 g/mol. The Morgan fingerprint density at radius 2 is 1.93 bits per heavy atom. The van der Waals surface area contributed by atoms with E-state index in [4.69, 9.17) is 4.74 Å².